The first kappa shape index (κ1) is 13.8. The van der Waals surface area contributed by atoms with Crippen molar-refractivity contribution in [2.24, 2.45) is 0 Å². The van der Waals surface area contributed by atoms with Crippen LogP contribution in [0.5, 0.6) is 0 Å². The molecule has 1 saturated heterocycles. The first-order valence-corrected chi connectivity index (χ1v) is 7.40. The van der Waals surface area contributed by atoms with E-state index in [0.717, 1.165) is 12.8 Å². The van der Waals surface area contributed by atoms with Crippen LogP contribution in [0.2, 0.25) is 5.02 Å². The summed E-state index contributed by atoms with van der Waals surface area (Å²) in [6.07, 6.45) is 5.91. The highest BCUT2D eigenvalue weighted by atomic mass is 35.5. The van der Waals surface area contributed by atoms with E-state index in [2.05, 4.69) is 9.97 Å². The lowest BCUT2D eigenvalue weighted by molar-refractivity contribution is -0.0949. The summed E-state index contributed by atoms with van der Waals surface area (Å²) in [5, 5.41) is 0.313. The van der Waals surface area contributed by atoms with Crippen molar-refractivity contribution >= 4 is 17.5 Å². The van der Waals surface area contributed by atoms with Gasteiger partial charge in [-0.2, -0.15) is 0 Å². The average Bonchev–Trinajstić information content (AvgIpc) is 2.88. The molecule has 2 heterocycles. The smallest absolute Gasteiger partial charge is 0.274 e. The van der Waals surface area contributed by atoms with Crippen LogP contribution in [0, 0.1) is 6.92 Å². The van der Waals surface area contributed by atoms with E-state index in [1.54, 1.807) is 6.92 Å². The van der Waals surface area contributed by atoms with Crippen LogP contribution in [0.3, 0.4) is 0 Å². The third kappa shape index (κ3) is 2.52. The predicted octanol–water partition coefficient (Wildman–Crippen LogP) is 2.22. The number of halogens is 1. The Labute approximate surface area is 123 Å². The van der Waals surface area contributed by atoms with Gasteiger partial charge in [0.2, 0.25) is 0 Å². The molecule has 0 bridgehead atoms. The van der Waals surface area contributed by atoms with Crippen molar-refractivity contribution in [3.8, 4) is 0 Å². The fourth-order valence-electron chi connectivity index (χ4n) is 3.10. The zero-order valence-electron chi connectivity index (χ0n) is 11.6. The van der Waals surface area contributed by atoms with Gasteiger partial charge in [-0.05, 0) is 19.8 Å². The van der Waals surface area contributed by atoms with Gasteiger partial charge in [-0.3, -0.25) is 4.79 Å². The quantitative estimate of drug-likeness (QED) is 0.797. The maximum atomic E-state index is 12.6. The third-order valence-corrected chi connectivity index (χ3v) is 4.39. The SMILES string of the molecule is Cc1ncc(Cl)c(C(=O)N2CCOC3(CCCC3)C2)n1. The topological polar surface area (TPSA) is 55.3 Å². The lowest BCUT2D eigenvalue weighted by Gasteiger charge is -2.40. The van der Waals surface area contributed by atoms with Gasteiger partial charge in [0.15, 0.2) is 5.69 Å². The highest BCUT2D eigenvalue weighted by Gasteiger charge is 2.41. The molecule has 1 aliphatic carbocycles. The molecule has 1 amide bonds. The van der Waals surface area contributed by atoms with Gasteiger partial charge in [-0.1, -0.05) is 24.4 Å². The minimum atomic E-state index is -0.136. The number of hydrogen-bond donors (Lipinski definition) is 0. The Kier molecular flexibility index (Phi) is 3.65. The molecule has 2 fully saturated rings. The number of carbonyl (C=O) groups is 1. The first-order chi connectivity index (χ1) is 9.60. The molecule has 1 aromatic heterocycles. The maximum absolute atomic E-state index is 12.6. The Hall–Kier alpha value is -1.20. The van der Waals surface area contributed by atoms with E-state index in [9.17, 15) is 4.79 Å². The van der Waals surface area contributed by atoms with Gasteiger partial charge >= 0.3 is 0 Å². The summed E-state index contributed by atoms with van der Waals surface area (Å²) in [5.41, 5.74) is 0.164. The molecule has 0 radical (unpaired) electrons. The fraction of sp³-hybridized carbons (Fsp3) is 0.643. The monoisotopic (exact) mass is 295 g/mol. The minimum Gasteiger partial charge on any atom is -0.371 e. The van der Waals surface area contributed by atoms with Crippen LogP contribution >= 0.6 is 11.6 Å². The van der Waals surface area contributed by atoms with Gasteiger partial charge in [0, 0.05) is 6.54 Å². The van der Waals surface area contributed by atoms with Crippen LogP contribution < -0.4 is 0 Å². The van der Waals surface area contributed by atoms with Crippen molar-refractivity contribution in [2.45, 2.75) is 38.2 Å². The summed E-state index contributed by atoms with van der Waals surface area (Å²) in [6.45, 7) is 3.59. The van der Waals surface area contributed by atoms with E-state index in [1.807, 2.05) is 4.90 Å². The van der Waals surface area contributed by atoms with Gasteiger partial charge in [0.05, 0.1) is 30.0 Å². The van der Waals surface area contributed by atoms with Crippen LogP contribution in [0.4, 0.5) is 0 Å². The second kappa shape index (κ2) is 5.30. The van der Waals surface area contributed by atoms with Gasteiger partial charge in [-0.25, -0.2) is 9.97 Å². The van der Waals surface area contributed by atoms with E-state index in [0.29, 0.717) is 36.2 Å². The molecular weight excluding hydrogens is 278 g/mol. The Morgan fingerprint density at radius 1 is 1.45 bits per heavy atom. The van der Waals surface area contributed by atoms with Crippen LogP contribution in [0.15, 0.2) is 6.20 Å². The number of ether oxygens (including phenoxy) is 1. The lowest BCUT2D eigenvalue weighted by atomic mass is 9.99. The number of morpholine rings is 1. The van der Waals surface area contributed by atoms with Crippen LogP contribution in [-0.4, -0.2) is 46.1 Å². The highest BCUT2D eigenvalue weighted by Crippen LogP contribution is 2.36. The normalized spacial score (nSPS) is 21.4. The van der Waals surface area contributed by atoms with E-state index in [1.165, 1.54) is 19.0 Å². The molecule has 108 valence electrons. The zero-order chi connectivity index (χ0) is 14.2. The van der Waals surface area contributed by atoms with E-state index in [4.69, 9.17) is 16.3 Å². The molecule has 0 N–H and O–H groups in total. The standard InChI is InChI=1S/C14H18ClN3O2/c1-10-16-8-11(15)12(17-10)13(19)18-6-7-20-14(9-18)4-2-3-5-14/h8H,2-7,9H2,1H3. The molecule has 0 unspecified atom stereocenters. The van der Waals surface area contributed by atoms with Crippen molar-refractivity contribution in [3.63, 3.8) is 0 Å². The summed E-state index contributed by atoms with van der Waals surface area (Å²) in [7, 11) is 0. The number of hydrogen-bond acceptors (Lipinski definition) is 4. The van der Waals surface area contributed by atoms with Crippen LogP contribution in [-0.2, 0) is 4.74 Å². The number of rotatable bonds is 1. The van der Waals surface area contributed by atoms with E-state index >= 15 is 0 Å². The summed E-state index contributed by atoms with van der Waals surface area (Å²) >= 11 is 6.06. The lowest BCUT2D eigenvalue weighted by Crippen LogP contribution is -2.52. The highest BCUT2D eigenvalue weighted by molar-refractivity contribution is 6.33. The number of aromatic nitrogens is 2. The Balaban J connectivity index is 1.81. The van der Waals surface area contributed by atoms with Gasteiger partial charge in [-0.15, -0.1) is 0 Å². The molecule has 2 aliphatic rings. The largest absolute Gasteiger partial charge is 0.371 e. The molecule has 0 aromatic carbocycles. The maximum Gasteiger partial charge on any atom is 0.274 e. The van der Waals surface area contributed by atoms with Crippen molar-refractivity contribution in [2.75, 3.05) is 19.7 Å². The van der Waals surface area contributed by atoms with Crippen molar-refractivity contribution in [1.82, 2.24) is 14.9 Å². The van der Waals surface area contributed by atoms with Crippen molar-refractivity contribution in [3.05, 3.63) is 22.7 Å². The molecule has 1 spiro atoms. The minimum absolute atomic E-state index is 0.116. The number of amides is 1. The van der Waals surface area contributed by atoms with Crippen LogP contribution in [0.25, 0.3) is 0 Å². The Morgan fingerprint density at radius 3 is 2.95 bits per heavy atom. The molecule has 6 heteroatoms. The average molecular weight is 296 g/mol. The van der Waals surface area contributed by atoms with Gasteiger partial charge < -0.3 is 9.64 Å². The summed E-state index contributed by atoms with van der Waals surface area (Å²) < 4.78 is 5.94. The molecule has 0 atom stereocenters. The molecular formula is C14H18ClN3O2. The molecule has 1 saturated carbocycles. The predicted molar refractivity (Wildman–Crippen MR) is 74.8 cm³/mol. The molecule has 3 rings (SSSR count). The van der Waals surface area contributed by atoms with Crippen LogP contribution in [0.1, 0.15) is 42.0 Å². The Morgan fingerprint density at radius 2 is 2.20 bits per heavy atom. The van der Waals surface area contributed by atoms with E-state index in [-0.39, 0.29) is 11.5 Å². The molecule has 20 heavy (non-hydrogen) atoms. The number of nitrogens with zero attached hydrogens (tertiary/aromatic N) is 3. The summed E-state index contributed by atoms with van der Waals surface area (Å²) in [6, 6.07) is 0. The number of aryl methyl sites for hydroxylation is 1. The number of carbonyl (C=O) groups excluding carboxylic acids is 1. The first-order valence-electron chi connectivity index (χ1n) is 7.02. The Bertz CT molecular complexity index is 529. The second-order valence-electron chi connectivity index (χ2n) is 5.58. The van der Waals surface area contributed by atoms with Crippen molar-refractivity contribution < 1.29 is 9.53 Å². The molecule has 1 aromatic rings. The second-order valence-corrected chi connectivity index (χ2v) is 5.99. The summed E-state index contributed by atoms with van der Waals surface area (Å²) in [4.78, 5) is 22.6. The van der Waals surface area contributed by atoms with Crippen molar-refractivity contribution in [1.29, 1.82) is 0 Å². The van der Waals surface area contributed by atoms with Gasteiger partial charge in [0.25, 0.3) is 5.91 Å². The molecule has 5 nitrogen and oxygen atoms in total. The van der Waals surface area contributed by atoms with E-state index < -0.39 is 0 Å². The fourth-order valence-corrected chi connectivity index (χ4v) is 3.27. The third-order valence-electron chi connectivity index (χ3n) is 4.12. The summed E-state index contributed by atoms with van der Waals surface area (Å²) in [5.74, 6) is 0.441. The molecule has 1 aliphatic heterocycles. The zero-order valence-corrected chi connectivity index (χ0v) is 12.3. The van der Waals surface area contributed by atoms with Gasteiger partial charge in [0.1, 0.15) is 5.82 Å².